The molecular weight excluding hydrogens is 408 g/mol. The van der Waals surface area contributed by atoms with Gasteiger partial charge in [0, 0.05) is 15.1 Å². The molecule has 25 heavy (non-hydrogen) atoms. The van der Waals surface area contributed by atoms with Crippen LogP contribution in [0.5, 0.6) is 0 Å². The van der Waals surface area contributed by atoms with Crippen LogP contribution in [0.15, 0.2) is 57.5 Å². The summed E-state index contributed by atoms with van der Waals surface area (Å²) in [6.45, 7) is 0. The molecule has 4 aromatic rings. The number of hydrogen-bond acceptors (Lipinski definition) is 6. The molecule has 0 radical (unpaired) electrons. The van der Waals surface area contributed by atoms with Crippen molar-refractivity contribution in [3.63, 3.8) is 0 Å². The molecule has 9 heteroatoms. The van der Waals surface area contributed by atoms with Crippen molar-refractivity contribution in [2.75, 3.05) is 5.73 Å². The fourth-order valence-corrected chi connectivity index (χ4v) is 2.64. The summed E-state index contributed by atoms with van der Waals surface area (Å²) in [4.78, 5) is 4.34. The van der Waals surface area contributed by atoms with Crippen LogP contribution in [0.3, 0.4) is 0 Å². The Labute approximate surface area is 155 Å². The normalized spacial score (nSPS) is 11.0. The zero-order chi connectivity index (χ0) is 17.4. The first kappa shape index (κ1) is 15.8. The summed E-state index contributed by atoms with van der Waals surface area (Å²) in [5, 5.41) is 12.7. The van der Waals surface area contributed by atoms with Crippen molar-refractivity contribution in [2.45, 2.75) is 0 Å². The Morgan fingerprint density at radius 1 is 1.04 bits per heavy atom. The number of benzene rings is 2. The fourth-order valence-electron chi connectivity index (χ4n) is 2.25. The average molecular weight is 418 g/mol. The van der Waals surface area contributed by atoms with Crippen LogP contribution in [0.2, 0.25) is 5.02 Å². The van der Waals surface area contributed by atoms with Gasteiger partial charge in [-0.1, -0.05) is 37.9 Å². The molecule has 4 rings (SSSR count). The summed E-state index contributed by atoms with van der Waals surface area (Å²) in [5.74, 6) is 0.934. The maximum atomic E-state index is 6.15. The van der Waals surface area contributed by atoms with Gasteiger partial charge in [-0.05, 0) is 48.5 Å². The van der Waals surface area contributed by atoms with Crippen LogP contribution in [0.4, 0.5) is 5.82 Å². The molecule has 7 nitrogen and oxygen atoms in total. The molecule has 0 atom stereocenters. The van der Waals surface area contributed by atoms with E-state index in [4.69, 9.17) is 21.9 Å². The van der Waals surface area contributed by atoms with Crippen molar-refractivity contribution < 1.29 is 4.52 Å². The van der Waals surface area contributed by atoms with E-state index in [0.29, 0.717) is 22.4 Å². The first-order chi connectivity index (χ1) is 12.1. The van der Waals surface area contributed by atoms with Gasteiger partial charge in [0.1, 0.15) is 0 Å². The Hall–Kier alpha value is -2.71. The number of nitrogen functional groups attached to an aromatic ring is 1. The van der Waals surface area contributed by atoms with Crippen LogP contribution < -0.4 is 5.73 Å². The van der Waals surface area contributed by atoms with Gasteiger partial charge in [0.15, 0.2) is 11.5 Å². The molecule has 0 bridgehead atoms. The highest BCUT2D eigenvalue weighted by Gasteiger charge is 2.19. The van der Waals surface area contributed by atoms with E-state index in [1.54, 1.807) is 24.3 Å². The van der Waals surface area contributed by atoms with Crippen molar-refractivity contribution in [1.82, 2.24) is 25.1 Å². The standard InChI is InChI=1S/C16H10BrClN6O/c17-10-3-7-12(8-4-10)24-14(19)13(21-23-24)16-20-15(22-25-16)9-1-5-11(18)6-2-9/h1-8H,19H2. The zero-order valence-corrected chi connectivity index (χ0v) is 14.9. The predicted octanol–water partition coefficient (Wildman–Crippen LogP) is 3.98. The minimum absolute atomic E-state index is 0.200. The minimum Gasteiger partial charge on any atom is -0.382 e. The molecule has 2 aromatic carbocycles. The number of nitrogens with two attached hydrogens (primary N) is 1. The number of nitrogens with zero attached hydrogens (tertiary/aromatic N) is 5. The van der Waals surface area contributed by atoms with Gasteiger partial charge in [-0.15, -0.1) is 5.10 Å². The third-order valence-electron chi connectivity index (χ3n) is 3.51. The lowest BCUT2D eigenvalue weighted by Gasteiger charge is -2.02. The lowest BCUT2D eigenvalue weighted by Crippen LogP contribution is -2.02. The summed E-state index contributed by atoms with van der Waals surface area (Å²) in [6, 6.07) is 14.6. The van der Waals surface area contributed by atoms with Crippen molar-refractivity contribution in [1.29, 1.82) is 0 Å². The lowest BCUT2D eigenvalue weighted by atomic mass is 10.2. The van der Waals surface area contributed by atoms with E-state index < -0.39 is 0 Å². The van der Waals surface area contributed by atoms with Crippen LogP contribution in [0, 0.1) is 0 Å². The molecule has 0 amide bonds. The van der Waals surface area contributed by atoms with E-state index in [9.17, 15) is 0 Å². The molecule has 2 N–H and O–H groups in total. The van der Waals surface area contributed by atoms with E-state index in [1.807, 2.05) is 24.3 Å². The Morgan fingerprint density at radius 3 is 2.48 bits per heavy atom. The number of rotatable bonds is 3. The van der Waals surface area contributed by atoms with Crippen LogP contribution in [-0.4, -0.2) is 25.1 Å². The van der Waals surface area contributed by atoms with Crippen LogP contribution >= 0.6 is 27.5 Å². The van der Waals surface area contributed by atoms with Crippen LogP contribution in [-0.2, 0) is 0 Å². The summed E-state index contributed by atoms with van der Waals surface area (Å²) < 4.78 is 7.75. The molecule has 0 spiro atoms. The van der Waals surface area contributed by atoms with Gasteiger partial charge in [0.25, 0.3) is 5.89 Å². The second-order valence-electron chi connectivity index (χ2n) is 5.14. The summed E-state index contributed by atoms with van der Waals surface area (Å²) >= 11 is 9.28. The fraction of sp³-hybridized carbons (Fsp3) is 0. The second-order valence-corrected chi connectivity index (χ2v) is 6.49. The lowest BCUT2D eigenvalue weighted by molar-refractivity contribution is 0.431. The van der Waals surface area contributed by atoms with Gasteiger partial charge in [0.05, 0.1) is 5.69 Å². The molecular formula is C16H10BrClN6O. The SMILES string of the molecule is Nc1c(-c2nc(-c3ccc(Cl)cc3)no2)nnn1-c1ccc(Br)cc1. The molecule has 124 valence electrons. The molecule has 0 fully saturated rings. The van der Waals surface area contributed by atoms with Gasteiger partial charge in [-0.3, -0.25) is 0 Å². The van der Waals surface area contributed by atoms with Gasteiger partial charge >= 0.3 is 0 Å². The number of halogens is 2. The zero-order valence-electron chi connectivity index (χ0n) is 12.6. The Balaban J connectivity index is 1.69. The van der Waals surface area contributed by atoms with Crippen LogP contribution in [0.25, 0.3) is 28.7 Å². The predicted molar refractivity (Wildman–Crippen MR) is 97.2 cm³/mol. The van der Waals surface area contributed by atoms with Crippen molar-refractivity contribution in [2.24, 2.45) is 0 Å². The third-order valence-corrected chi connectivity index (χ3v) is 4.29. The Kier molecular flexibility index (Phi) is 3.98. The van der Waals surface area contributed by atoms with Crippen molar-refractivity contribution >= 4 is 33.3 Å². The minimum atomic E-state index is 0.200. The number of anilines is 1. The number of hydrogen-bond donors (Lipinski definition) is 1. The average Bonchev–Trinajstić information content (AvgIpc) is 3.23. The maximum absolute atomic E-state index is 6.15. The smallest absolute Gasteiger partial charge is 0.282 e. The van der Waals surface area contributed by atoms with Gasteiger partial charge in [-0.25, -0.2) is 0 Å². The largest absolute Gasteiger partial charge is 0.382 e. The molecule has 2 aromatic heterocycles. The molecule has 0 aliphatic rings. The van der Waals surface area contributed by atoms with E-state index in [1.165, 1.54) is 4.68 Å². The molecule has 0 saturated carbocycles. The van der Waals surface area contributed by atoms with Gasteiger partial charge < -0.3 is 10.3 Å². The summed E-state index contributed by atoms with van der Waals surface area (Å²) in [7, 11) is 0. The third kappa shape index (κ3) is 3.01. The molecule has 0 aliphatic carbocycles. The summed E-state index contributed by atoms with van der Waals surface area (Å²) in [6.07, 6.45) is 0. The highest BCUT2D eigenvalue weighted by Crippen LogP contribution is 2.27. The van der Waals surface area contributed by atoms with Gasteiger partial charge in [0.2, 0.25) is 5.82 Å². The van der Waals surface area contributed by atoms with Gasteiger partial charge in [-0.2, -0.15) is 9.67 Å². The highest BCUT2D eigenvalue weighted by molar-refractivity contribution is 9.10. The Morgan fingerprint density at radius 2 is 1.76 bits per heavy atom. The quantitative estimate of drug-likeness (QED) is 0.541. The van der Waals surface area contributed by atoms with Crippen molar-refractivity contribution in [3.05, 3.63) is 58.0 Å². The van der Waals surface area contributed by atoms with E-state index in [-0.39, 0.29) is 5.89 Å². The molecule has 2 heterocycles. The first-order valence-corrected chi connectivity index (χ1v) is 8.36. The highest BCUT2D eigenvalue weighted by atomic mass is 79.9. The van der Waals surface area contributed by atoms with E-state index in [0.717, 1.165) is 15.7 Å². The maximum Gasteiger partial charge on any atom is 0.282 e. The first-order valence-electron chi connectivity index (χ1n) is 7.19. The van der Waals surface area contributed by atoms with E-state index in [2.05, 4.69) is 36.4 Å². The molecule has 0 aliphatic heterocycles. The van der Waals surface area contributed by atoms with Crippen molar-refractivity contribution in [3.8, 4) is 28.7 Å². The Bertz CT molecular complexity index is 1030. The molecule has 0 saturated heterocycles. The van der Waals surface area contributed by atoms with Crippen LogP contribution in [0.1, 0.15) is 0 Å². The summed E-state index contributed by atoms with van der Waals surface area (Å²) in [5.41, 5.74) is 8.03. The monoisotopic (exact) mass is 416 g/mol. The molecule has 0 unspecified atom stereocenters. The second kappa shape index (κ2) is 6.30. The van der Waals surface area contributed by atoms with E-state index >= 15 is 0 Å². The number of aromatic nitrogens is 5. The topological polar surface area (TPSA) is 95.7 Å².